The van der Waals surface area contributed by atoms with Gasteiger partial charge in [0.1, 0.15) is 11.8 Å². The Morgan fingerprint density at radius 1 is 1.09 bits per heavy atom. The summed E-state index contributed by atoms with van der Waals surface area (Å²) in [5, 5.41) is 8.21. The van der Waals surface area contributed by atoms with Gasteiger partial charge in [-0.05, 0) is 29.3 Å². The van der Waals surface area contributed by atoms with Crippen LogP contribution in [0.4, 0.5) is 0 Å². The highest BCUT2D eigenvalue weighted by Gasteiger charge is 2.40. The predicted molar refractivity (Wildman–Crippen MR) is 126 cm³/mol. The van der Waals surface area contributed by atoms with E-state index < -0.39 is 6.23 Å². The van der Waals surface area contributed by atoms with Gasteiger partial charge < -0.3 is 9.47 Å². The van der Waals surface area contributed by atoms with E-state index in [-0.39, 0.29) is 18.0 Å². The third kappa shape index (κ3) is 3.64. The van der Waals surface area contributed by atoms with E-state index in [1.54, 1.807) is 7.11 Å². The fraction of sp³-hybridized carbons (Fsp3) is 0.250. The number of nitrogens with one attached hydrogen (secondary N) is 2. The number of carbonyl (C=O) groups is 1. The molecule has 3 atom stereocenters. The first kappa shape index (κ1) is 20.9. The summed E-state index contributed by atoms with van der Waals surface area (Å²) in [6, 6.07) is 19.8. The average molecular weight is 495 g/mol. The molecule has 1 saturated heterocycles. The van der Waals surface area contributed by atoms with Crippen molar-refractivity contribution in [2.24, 2.45) is 5.10 Å². The second-order valence-corrected chi connectivity index (χ2v) is 8.68. The summed E-state index contributed by atoms with van der Waals surface area (Å²) in [4.78, 5) is 12.3. The van der Waals surface area contributed by atoms with Crippen LogP contribution in [0.25, 0.3) is 10.8 Å². The number of benzene rings is 3. The van der Waals surface area contributed by atoms with Crippen LogP contribution in [0.2, 0.25) is 0 Å². The maximum Gasteiger partial charge on any atom is 0.243 e. The number of nitrogens with zero attached hydrogens (tertiary/aromatic N) is 2. The van der Waals surface area contributed by atoms with Crippen LogP contribution < -0.4 is 15.6 Å². The number of ether oxygens (including phenoxy) is 2. The van der Waals surface area contributed by atoms with Crippen LogP contribution in [0.15, 0.2) is 70.2 Å². The minimum atomic E-state index is -0.606. The third-order valence-electron chi connectivity index (χ3n) is 5.86. The Balaban J connectivity index is 1.43. The Kier molecular flexibility index (Phi) is 5.58. The summed E-state index contributed by atoms with van der Waals surface area (Å²) in [6.07, 6.45) is 0.0865. The Hall–Kier alpha value is -2.94. The number of rotatable bonds is 4. The molecule has 0 bridgehead atoms. The lowest BCUT2D eigenvalue weighted by molar-refractivity contribution is -0.135. The number of hydrogen-bond donors (Lipinski definition) is 2. The second-order valence-electron chi connectivity index (χ2n) is 7.83. The zero-order valence-electron chi connectivity index (χ0n) is 17.7. The van der Waals surface area contributed by atoms with E-state index in [2.05, 4.69) is 50.1 Å². The van der Waals surface area contributed by atoms with Crippen molar-refractivity contribution in [1.29, 1.82) is 0 Å². The fourth-order valence-electron chi connectivity index (χ4n) is 4.32. The zero-order valence-corrected chi connectivity index (χ0v) is 19.3. The van der Waals surface area contributed by atoms with Crippen LogP contribution in [-0.2, 0) is 9.53 Å². The number of fused-ring (bicyclic) bond motifs is 1. The highest BCUT2D eigenvalue weighted by atomic mass is 79.9. The highest BCUT2D eigenvalue weighted by molar-refractivity contribution is 9.10. The van der Waals surface area contributed by atoms with E-state index in [1.807, 2.05) is 42.5 Å². The van der Waals surface area contributed by atoms with Crippen LogP contribution in [0.3, 0.4) is 0 Å². The summed E-state index contributed by atoms with van der Waals surface area (Å²) in [5.74, 6) is 1.13. The van der Waals surface area contributed by atoms with Crippen molar-refractivity contribution in [2.75, 3.05) is 7.11 Å². The molecule has 0 aliphatic carbocycles. The fourth-order valence-corrected chi connectivity index (χ4v) is 4.81. The molecular weight excluding hydrogens is 472 g/mol. The van der Waals surface area contributed by atoms with Gasteiger partial charge in [-0.25, -0.2) is 10.9 Å². The van der Waals surface area contributed by atoms with Gasteiger partial charge in [0, 0.05) is 22.5 Å². The molecule has 3 aromatic carbocycles. The molecule has 32 heavy (non-hydrogen) atoms. The molecule has 0 aromatic heterocycles. The molecule has 0 spiro atoms. The molecule has 1 fully saturated rings. The first-order chi connectivity index (χ1) is 15.6. The average Bonchev–Trinajstić information content (AvgIpc) is 3.46. The van der Waals surface area contributed by atoms with Crippen LogP contribution in [0, 0.1) is 0 Å². The van der Waals surface area contributed by atoms with Gasteiger partial charge in [-0.2, -0.15) is 5.01 Å². The monoisotopic (exact) mass is 494 g/mol. The largest absolute Gasteiger partial charge is 0.496 e. The number of hydrazine groups is 1. The van der Waals surface area contributed by atoms with Crippen molar-refractivity contribution >= 4 is 38.5 Å². The molecular formula is C24H23BrN4O3. The first-order valence-corrected chi connectivity index (χ1v) is 11.2. The standard InChI is InChI=1S/C24H23BrN4O3/c1-14(30)29-24(17-9-5-6-10-18(17)25)32-23(28-29)20-13-19(26-27-20)22-16-8-4-3-7-15(16)11-12-21(22)31-2/h3-12,19-20,24,26-27H,13H2,1-2H3. The zero-order chi connectivity index (χ0) is 22.2. The highest BCUT2D eigenvalue weighted by Crippen LogP contribution is 2.39. The maximum absolute atomic E-state index is 12.3. The molecule has 2 aliphatic heterocycles. The number of hydrogen-bond acceptors (Lipinski definition) is 6. The van der Waals surface area contributed by atoms with Gasteiger partial charge in [-0.1, -0.05) is 64.5 Å². The topological polar surface area (TPSA) is 75.2 Å². The molecule has 3 unspecified atom stereocenters. The minimum Gasteiger partial charge on any atom is -0.496 e. The van der Waals surface area contributed by atoms with Crippen LogP contribution in [0.1, 0.15) is 36.7 Å². The molecule has 2 aliphatic rings. The van der Waals surface area contributed by atoms with Crippen molar-refractivity contribution < 1.29 is 14.3 Å². The maximum atomic E-state index is 12.3. The quantitative estimate of drug-likeness (QED) is 0.561. The Morgan fingerprint density at radius 2 is 1.84 bits per heavy atom. The van der Waals surface area contributed by atoms with Gasteiger partial charge in [0.15, 0.2) is 0 Å². The number of hydrazone groups is 1. The summed E-state index contributed by atoms with van der Waals surface area (Å²) < 4.78 is 12.7. The molecule has 3 aromatic rings. The SMILES string of the molecule is COc1ccc2ccccc2c1C1CC(C2=NN(C(C)=O)C(c3ccccc3Br)O2)NN1. The van der Waals surface area contributed by atoms with Crippen molar-refractivity contribution in [3.8, 4) is 5.75 Å². The molecule has 0 saturated carbocycles. The molecule has 8 heteroatoms. The molecule has 1 amide bonds. The van der Waals surface area contributed by atoms with Crippen LogP contribution in [0.5, 0.6) is 5.75 Å². The molecule has 0 radical (unpaired) electrons. The van der Waals surface area contributed by atoms with Crippen molar-refractivity contribution in [3.63, 3.8) is 0 Å². The van der Waals surface area contributed by atoms with Gasteiger partial charge in [0.05, 0.1) is 13.2 Å². The number of amides is 1. The van der Waals surface area contributed by atoms with Crippen molar-refractivity contribution in [2.45, 2.75) is 31.7 Å². The van der Waals surface area contributed by atoms with Crippen molar-refractivity contribution in [3.05, 3.63) is 76.3 Å². The summed E-state index contributed by atoms with van der Waals surface area (Å²) in [5.41, 5.74) is 8.61. The van der Waals surface area contributed by atoms with Gasteiger partial charge in [0.25, 0.3) is 0 Å². The lowest BCUT2D eigenvalue weighted by Crippen LogP contribution is -2.36. The summed E-state index contributed by atoms with van der Waals surface area (Å²) >= 11 is 3.55. The predicted octanol–water partition coefficient (Wildman–Crippen LogP) is 4.41. The van der Waals surface area contributed by atoms with Crippen LogP contribution in [-0.4, -0.2) is 30.0 Å². The van der Waals surface area contributed by atoms with Crippen molar-refractivity contribution in [1.82, 2.24) is 15.9 Å². The molecule has 7 nitrogen and oxygen atoms in total. The summed E-state index contributed by atoms with van der Waals surface area (Å²) in [6.45, 7) is 1.49. The van der Waals surface area contributed by atoms with E-state index in [0.29, 0.717) is 12.3 Å². The Labute approximate surface area is 194 Å². The second kappa shape index (κ2) is 8.54. The molecule has 5 rings (SSSR count). The normalized spacial score (nSPS) is 22.7. The van der Waals surface area contributed by atoms with E-state index in [1.165, 1.54) is 11.9 Å². The van der Waals surface area contributed by atoms with E-state index in [0.717, 1.165) is 32.1 Å². The smallest absolute Gasteiger partial charge is 0.243 e. The van der Waals surface area contributed by atoms with Gasteiger partial charge in [-0.15, -0.1) is 5.10 Å². The summed E-state index contributed by atoms with van der Waals surface area (Å²) in [7, 11) is 1.69. The van der Waals surface area contributed by atoms with Crippen LogP contribution >= 0.6 is 15.9 Å². The lowest BCUT2D eigenvalue weighted by atomic mass is 9.95. The van der Waals surface area contributed by atoms with Gasteiger partial charge in [-0.3, -0.25) is 4.79 Å². The number of carbonyl (C=O) groups excluding carboxylic acids is 1. The van der Waals surface area contributed by atoms with E-state index in [9.17, 15) is 4.79 Å². The number of halogens is 1. The Bertz CT molecular complexity index is 1210. The van der Waals surface area contributed by atoms with Gasteiger partial charge in [0.2, 0.25) is 18.0 Å². The first-order valence-electron chi connectivity index (χ1n) is 10.4. The number of methoxy groups -OCH3 is 1. The lowest BCUT2D eigenvalue weighted by Gasteiger charge is -2.20. The third-order valence-corrected chi connectivity index (χ3v) is 6.58. The van der Waals surface area contributed by atoms with E-state index >= 15 is 0 Å². The molecule has 164 valence electrons. The molecule has 2 N–H and O–H groups in total. The minimum absolute atomic E-state index is 0.0133. The van der Waals surface area contributed by atoms with Gasteiger partial charge >= 0.3 is 0 Å². The molecule has 2 heterocycles. The Morgan fingerprint density at radius 3 is 2.62 bits per heavy atom. The van der Waals surface area contributed by atoms with E-state index in [4.69, 9.17) is 9.47 Å².